The zero-order chi connectivity index (χ0) is 51.1. The number of hydrogen-bond donors (Lipinski definition) is 0. The summed E-state index contributed by atoms with van der Waals surface area (Å²) in [6, 6.07) is 60.3. The van der Waals surface area contributed by atoms with Crippen LogP contribution in [0.2, 0.25) is 0 Å². The van der Waals surface area contributed by atoms with Crippen LogP contribution in [-0.4, -0.2) is 5.54 Å². The van der Waals surface area contributed by atoms with E-state index in [1.807, 2.05) is 0 Å². The predicted octanol–water partition coefficient (Wildman–Crippen LogP) is 19.7. The minimum Gasteiger partial charge on any atom is -0.332 e. The van der Waals surface area contributed by atoms with Crippen molar-refractivity contribution in [2.45, 2.75) is 80.7 Å². The molecule has 2 unspecified atom stereocenters. The Kier molecular flexibility index (Phi) is 15.1. The van der Waals surface area contributed by atoms with Crippen molar-refractivity contribution in [2.24, 2.45) is 5.92 Å². The number of para-hydroxylation sites is 1. The molecule has 9 rings (SSSR count). The van der Waals surface area contributed by atoms with Gasteiger partial charge in [0.1, 0.15) is 0 Å². The molecule has 2 atom stereocenters. The molecule has 73 heavy (non-hydrogen) atoms. The molecule has 7 aromatic rings. The van der Waals surface area contributed by atoms with Crippen molar-refractivity contribution in [3.63, 3.8) is 0 Å². The fraction of sp³-hybridized carbons (Fsp3) is 0.188. The van der Waals surface area contributed by atoms with Gasteiger partial charge >= 0.3 is 0 Å². The molecule has 0 saturated heterocycles. The lowest BCUT2D eigenvalue weighted by Gasteiger charge is -2.42. The van der Waals surface area contributed by atoms with Crippen molar-refractivity contribution in [1.82, 2.24) is 0 Å². The summed E-state index contributed by atoms with van der Waals surface area (Å²) < 4.78 is 0. The Morgan fingerprint density at radius 3 is 1.59 bits per heavy atom. The molecule has 0 bridgehead atoms. The maximum absolute atomic E-state index is 2.49. The molecule has 0 radical (unpaired) electrons. The maximum Gasteiger partial charge on any atom is 0.0642 e. The van der Waals surface area contributed by atoms with Crippen LogP contribution in [-0.2, 0) is 0 Å². The first-order valence-corrected chi connectivity index (χ1v) is 25.9. The number of nitrogens with zero attached hydrogens (tertiary/aromatic N) is 4. The maximum atomic E-state index is 2.49. The average Bonchev–Trinajstić information content (AvgIpc) is 3.39. The van der Waals surface area contributed by atoms with E-state index in [9.17, 15) is 0 Å². The van der Waals surface area contributed by atoms with Crippen LogP contribution in [0.3, 0.4) is 0 Å². The van der Waals surface area contributed by atoms with Crippen LogP contribution in [0, 0.1) is 33.6 Å². The summed E-state index contributed by atoms with van der Waals surface area (Å²) in [4.78, 5) is 9.59. The quantitative estimate of drug-likeness (QED) is 0.0950. The summed E-state index contributed by atoms with van der Waals surface area (Å²) in [5.74, 6) is 0.403. The van der Waals surface area contributed by atoms with Gasteiger partial charge in [0.2, 0.25) is 0 Å². The molecule has 4 heteroatoms. The zero-order valence-corrected chi connectivity index (χ0v) is 44.2. The van der Waals surface area contributed by atoms with E-state index in [0.29, 0.717) is 5.92 Å². The van der Waals surface area contributed by atoms with Crippen molar-refractivity contribution < 1.29 is 0 Å². The second-order valence-corrected chi connectivity index (χ2v) is 20.2. The van der Waals surface area contributed by atoms with E-state index >= 15 is 0 Å². The van der Waals surface area contributed by atoms with Crippen molar-refractivity contribution in [2.75, 3.05) is 19.6 Å². The summed E-state index contributed by atoms with van der Waals surface area (Å²) in [6.45, 7) is 19.8. The van der Waals surface area contributed by atoms with Crippen molar-refractivity contribution >= 4 is 51.2 Å². The van der Waals surface area contributed by atoms with Crippen LogP contribution in [0.15, 0.2) is 248 Å². The summed E-state index contributed by atoms with van der Waals surface area (Å²) in [6.07, 6.45) is 26.2. The molecular formula is C69H70N4. The molecular weight excluding hydrogens is 885 g/mol. The van der Waals surface area contributed by atoms with Gasteiger partial charge in [-0.05, 0) is 200 Å². The van der Waals surface area contributed by atoms with Gasteiger partial charge in [-0.15, -0.1) is 0 Å². The third-order valence-corrected chi connectivity index (χ3v) is 14.3. The van der Waals surface area contributed by atoms with Crippen LogP contribution >= 0.6 is 0 Å². The number of allylic oxidation sites excluding steroid dienone is 11. The van der Waals surface area contributed by atoms with Gasteiger partial charge in [-0.3, -0.25) is 0 Å². The summed E-state index contributed by atoms with van der Waals surface area (Å²) in [5, 5.41) is 0. The van der Waals surface area contributed by atoms with Gasteiger partial charge in [-0.25, -0.2) is 0 Å². The van der Waals surface area contributed by atoms with E-state index in [4.69, 9.17) is 0 Å². The number of anilines is 9. The predicted molar refractivity (Wildman–Crippen MR) is 316 cm³/mol. The lowest BCUT2D eigenvalue weighted by molar-refractivity contribution is 0.570. The van der Waals surface area contributed by atoms with Gasteiger partial charge in [-0.1, -0.05) is 145 Å². The minimum absolute atomic E-state index is 0.256. The Morgan fingerprint density at radius 2 is 1.07 bits per heavy atom. The highest BCUT2D eigenvalue weighted by Gasteiger charge is 2.31. The van der Waals surface area contributed by atoms with E-state index in [-0.39, 0.29) is 5.54 Å². The number of aryl methyl sites for hydroxylation is 4. The Morgan fingerprint density at radius 1 is 0.562 bits per heavy atom. The second kappa shape index (κ2) is 22.1. The fourth-order valence-electron chi connectivity index (χ4n) is 10.6. The van der Waals surface area contributed by atoms with Crippen LogP contribution in [0.1, 0.15) is 69.7 Å². The molecule has 0 N–H and O–H groups in total. The summed E-state index contributed by atoms with van der Waals surface area (Å²) >= 11 is 0. The molecule has 0 fully saturated rings. The summed E-state index contributed by atoms with van der Waals surface area (Å²) in [5.41, 5.74) is 21.2. The highest BCUT2D eigenvalue weighted by Crippen LogP contribution is 2.44. The first kappa shape index (κ1) is 49.9. The highest BCUT2D eigenvalue weighted by atomic mass is 15.2. The lowest BCUT2D eigenvalue weighted by Crippen LogP contribution is -2.42. The van der Waals surface area contributed by atoms with E-state index in [1.165, 1.54) is 61.6 Å². The molecule has 0 aliphatic heterocycles. The number of benzene rings is 7. The van der Waals surface area contributed by atoms with Crippen LogP contribution < -0.4 is 19.6 Å². The Balaban J connectivity index is 1.01. The van der Waals surface area contributed by atoms with E-state index < -0.39 is 0 Å². The molecule has 366 valence electrons. The molecule has 0 heterocycles. The van der Waals surface area contributed by atoms with Gasteiger partial charge in [0.05, 0.1) is 5.54 Å². The molecule has 2 aliphatic rings. The summed E-state index contributed by atoms with van der Waals surface area (Å²) in [7, 11) is 0. The zero-order valence-electron chi connectivity index (χ0n) is 44.2. The van der Waals surface area contributed by atoms with Gasteiger partial charge in [0.15, 0.2) is 0 Å². The standard InChI is InChI=1S/C69H70N4/c1-10-18-50(2)19-17-46-70(66-41-22-51(3)47-54(66)6)59-33-39-65(40-34-59)73(69(9)44-15-12-16-45-69)64-31-27-58(28-32-64)57-25-29-61(30-26-57)71(60-20-13-11-14-21-60)62-35-37-63(38-36-62)72(67-42-23-52(4)48-55(67)7)68-43-24-53(5)49-56(68)8/h10-44,46,48-49,54H,45,47H2,1-9H3/b18-10+,46-17+,50-19-. The molecule has 0 spiro atoms. The normalized spacial score (nSPS) is 16.7. The topological polar surface area (TPSA) is 13.0 Å². The van der Waals surface area contributed by atoms with E-state index in [0.717, 1.165) is 52.7 Å². The smallest absolute Gasteiger partial charge is 0.0642 e. The number of rotatable bonds is 15. The Bertz CT molecular complexity index is 3200. The first-order valence-electron chi connectivity index (χ1n) is 25.9. The molecule has 0 aromatic heterocycles. The van der Waals surface area contributed by atoms with Gasteiger partial charge < -0.3 is 19.6 Å². The molecule has 7 aromatic carbocycles. The third-order valence-electron chi connectivity index (χ3n) is 14.3. The first-order chi connectivity index (χ1) is 35.4. The fourth-order valence-corrected chi connectivity index (χ4v) is 10.6. The minimum atomic E-state index is -0.256. The Hall–Kier alpha value is -8.08. The largest absolute Gasteiger partial charge is 0.332 e. The highest BCUT2D eigenvalue weighted by molar-refractivity contribution is 5.84. The van der Waals surface area contributed by atoms with Crippen molar-refractivity contribution in [3.05, 3.63) is 270 Å². The molecule has 0 amide bonds. The van der Waals surface area contributed by atoms with Crippen LogP contribution in [0.4, 0.5) is 51.2 Å². The van der Waals surface area contributed by atoms with Gasteiger partial charge in [0.25, 0.3) is 0 Å². The average molecular weight is 955 g/mol. The molecule has 0 saturated carbocycles. The Labute approximate surface area is 436 Å². The molecule has 2 aliphatic carbocycles. The lowest BCUT2D eigenvalue weighted by atomic mass is 9.89. The van der Waals surface area contributed by atoms with Crippen molar-refractivity contribution in [1.29, 1.82) is 0 Å². The van der Waals surface area contributed by atoms with Crippen molar-refractivity contribution in [3.8, 4) is 11.1 Å². The number of hydrogen-bond acceptors (Lipinski definition) is 4. The van der Waals surface area contributed by atoms with Gasteiger partial charge in [0, 0.05) is 69.0 Å². The van der Waals surface area contributed by atoms with Crippen LogP contribution in [0.25, 0.3) is 11.1 Å². The second-order valence-electron chi connectivity index (χ2n) is 20.2. The SMILES string of the molecule is C/C=C/C(C)=C\C=C\N(C1=CC=C(C)CC1C)c1ccc(N(c2ccc(-c3ccc(N(c4ccccc4)c4ccc(N(c5ccc(C)cc5C)c5ccc(C)cc5C)cc4)cc3)cc2)C2(C)C=CC=CC2)cc1. The third kappa shape index (κ3) is 11.2. The van der Waals surface area contributed by atoms with E-state index in [2.05, 4.69) is 313 Å². The van der Waals surface area contributed by atoms with E-state index in [1.54, 1.807) is 0 Å². The monoisotopic (exact) mass is 955 g/mol. The van der Waals surface area contributed by atoms with Crippen LogP contribution in [0.5, 0.6) is 0 Å². The molecule has 4 nitrogen and oxygen atoms in total. The van der Waals surface area contributed by atoms with Gasteiger partial charge in [-0.2, -0.15) is 0 Å².